The first kappa shape index (κ1) is 23.0. The molecule has 0 aliphatic heterocycles. The maximum Gasteiger partial charge on any atom is 0.233 e. The predicted molar refractivity (Wildman–Crippen MR) is 136 cm³/mol. The van der Waals surface area contributed by atoms with E-state index in [0.29, 0.717) is 29.4 Å². The first-order valence-electron chi connectivity index (χ1n) is 10.9. The molecule has 0 radical (unpaired) electrons. The fourth-order valence-corrected chi connectivity index (χ4v) is 5.08. The van der Waals surface area contributed by atoms with E-state index < -0.39 is 0 Å². The van der Waals surface area contributed by atoms with Crippen LogP contribution < -0.4 is 14.4 Å². The van der Waals surface area contributed by atoms with Gasteiger partial charge >= 0.3 is 0 Å². The highest BCUT2D eigenvalue weighted by molar-refractivity contribution is 7.22. The largest absolute Gasteiger partial charge is 0.495 e. The zero-order valence-corrected chi connectivity index (χ0v) is 20.3. The Hall–Kier alpha value is -3.16. The zero-order chi connectivity index (χ0) is 23.4. The summed E-state index contributed by atoms with van der Waals surface area (Å²) in [6.07, 6.45) is 1.16. The Morgan fingerprint density at radius 1 is 0.939 bits per heavy atom. The highest BCUT2D eigenvalue weighted by Gasteiger charge is 2.23. The van der Waals surface area contributed by atoms with Gasteiger partial charge in [0.2, 0.25) is 5.91 Å². The number of aromatic nitrogens is 1. The monoisotopic (exact) mass is 463 g/mol. The van der Waals surface area contributed by atoms with E-state index in [2.05, 4.69) is 23.1 Å². The van der Waals surface area contributed by atoms with Crippen LogP contribution in [0.25, 0.3) is 21.0 Å². The molecule has 6 nitrogen and oxygen atoms in total. The Labute approximate surface area is 198 Å². The summed E-state index contributed by atoms with van der Waals surface area (Å²) in [5.74, 6) is 1.43. The molecule has 1 aromatic heterocycles. The van der Waals surface area contributed by atoms with Gasteiger partial charge in [-0.05, 0) is 55.5 Å². The van der Waals surface area contributed by atoms with E-state index in [1.54, 1.807) is 14.2 Å². The number of thiazole rings is 1. The molecule has 33 heavy (non-hydrogen) atoms. The van der Waals surface area contributed by atoms with Crippen LogP contribution in [0.3, 0.4) is 0 Å². The summed E-state index contributed by atoms with van der Waals surface area (Å²) in [6, 6.07) is 18.0. The molecule has 7 heteroatoms. The van der Waals surface area contributed by atoms with Gasteiger partial charge in [-0.25, -0.2) is 4.98 Å². The smallest absolute Gasteiger partial charge is 0.233 e. The molecular formula is C26H29N3O3S. The molecule has 0 bridgehead atoms. The molecule has 0 aliphatic carbocycles. The average molecular weight is 464 g/mol. The van der Waals surface area contributed by atoms with Gasteiger partial charge in [-0.2, -0.15) is 0 Å². The van der Waals surface area contributed by atoms with Gasteiger partial charge in [-0.15, -0.1) is 0 Å². The van der Waals surface area contributed by atoms with E-state index in [-0.39, 0.29) is 5.91 Å². The number of methoxy groups -OCH3 is 2. The molecular weight excluding hydrogens is 434 g/mol. The molecule has 0 atom stereocenters. The molecule has 0 spiro atoms. The second-order valence-corrected chi connectivity index (χ2v) is 9.14. The van der Waals surface area contributed by atoms with Gasteiger partial charge in [0, 0.05) is 6.54 Å². The van der Waals surface area contributed by atoms with Crippen molar-refractivity contribution in [2.45, 2.75) is 12.8 Å². The van der Waals surface area contributed by atoms with Gasteiger partial charge < -0.3 is 14.4 Å². The molecule has 4 aromatic rings. The zero-order valence-electron chi connectivity index (χ0n) is 19.5. The summed E-state index contributed by atoms with van der Waals surface area (Å²) >= 11 is 1.46. The Morgan fingerprint density at radius 3 is 2.42 bits per heavy atom. The van der Waals surface area contributed by atoms with Gasteiger partial charge in [-0.3, -0.25) is 9.69 Å². The molecule has 1 amide bonds. The summed E-state index contributed by atoms with van der Waals surface area (Å²) < 4.78 is 11.9. The standard InChI is InChI=1S/C26H29N3O3S/c1-28(2)15-8-16-29(23(30)17-19-11-7-10-18-9-5-6-12-20(18)19)26-27-24-21(31-3)13-14-22(32-4)25(24)33-26/h5-7,9-14H,8,15-17H2,1-4H3. The predicted octanol–water partition coefficient (Wildman–Crippen LogP) is 4.99. The molecule has 4 rings (SSSR count). The molecule has 3 aromatic carbocycles. The number of hydrogen-bond acceptors (Lipinski definition) is 6. The highest BCUT2D eigenvalue weighted by Crippen LogP contribution is 2.40. The van der Waals surface area contributed by atoms with Crippen molar-refractivity contribution in [2.24, 2.45) is 0 Å². The first-order valence-corrected chi connectivity index (χ1v) is 11.8. The average Bonchev–Trinajstić information content (AvgIpc) is 3.26. The van der Waals surface area contributed by atoms with Gasteiger partial charge in [0.15, 0.2) is 5.13 Å². The van der Waals surface area contributed by atoms with Gasteiger partial charge in [-0.1, -0.05) is 53.8 Å². The van der Waals surface area contributed by atoms with Gasteiger partial charge in [0.05, 0.1) is 20.6 Å². The van der Waals surface area contributed by atoms with E-state index >= 15 is 0 Å². The molecule has 1 heterocycles. The van der Waals surface area contributed by atoms with Crippen molar-refractivity contribution in [3.63, 3.8) is 0 Å². The number of fused-ring (bicyclic) bond motifs is 2. The van der Waals surface area contributed by atoms with Gasteiger partial charge in [0.1, 0.15) is 21.7 Å². The maximum absolute atomic E-state index is 13.6. The number of anilines is 1. The summed E-state index contributed by atoms with van der Waals surface area (Å²) in [6.45, 7) is 1.47. The normalized spacial score (nSPS) is 11.3. The van der Waals surface area contributed by atoms with Crippen LogP contribution >= 0.6 is 11.3 Å². The third-order valence-electron chi connectivity index (χ3n) is 5.64. The third kappa shape index (κ3) is 4.94. The Balaban J connectivity index is 1.71. The lowest BCUT2D eigenvalue weighted by Crippen LogP contribution is -2.34. The lowest BCUT2D eigenvalue weighted by molar-refractivity contribution is -0.118. The van der Waals surface area contributed by atoms with Crippen LogP contribution in [0.4, 0.5) is 5.13 Å². The Kier molecular flexibility index (Phi) is 7.11. The van der Waals surface area contributed by atoms with Crippen molar-refractivity contribution in [3.05, 3.63) is 60.2 Å². The minimum Gasteiger partial charge on any atom is -0.495 e. The molecule has 0 N–H and O–H groups in total. The quantitative estimate of drug-likeness (QED) is 0.350. The minimum absolute atomic E-state index is 0.0297. The third-order valence-corrected chi connectivity index (χ3v) is 6.73. The van der Waals surface area contributed by atoms with Crippen LogP contribution in [0.1, 0.15) is 12.0 Å². The fraction of sp³-hybridized carbons (Fsp3) is 0.308. The van der Waals surface area contributed by atoms with E-state index in [4.69, 9.17) is 14.5 Å². The molecule has 0 aliphatic rings. The van der Waals surface area contributed by atoms with Crippen LogP contribution in [-0.2, 0) is 11.2 Å². The summed E-state index contributed by atoms with van der Waals surface area (Å²) in [5, 5.41) is 2.91. The fourth-order valence-electron chi connectivity index (χ4n) is 3.97. The topological polar surface area (TPSA) is 54.9 Å². The SMILES string of the molecule is COc1ccc(OC)c2sc(N(CCCN(C)C)C(=O)Cc3cccc4ccccc34)nc12. The van der Waals surface area contributed by atoms with Crippen molar-refractivity contribution in [1.82, 2.24) is 9.88 Å². The molecule has 0 fully saturated rings. The number of hydrogen-bond donors (Lipinski definition) is 0. The lowest BCUT2D eigenvalue weighted by atomic mass is 10.0. The number of nitrogens with zero attached hydrogens (tertiary/aromatic N) is 3. The minimum atomic E-state index is 0.0297. The van der Waals surface area contributed by atoms with E-state index in [1.165, 1.54) is 11.3 Å². The molecule has 172 valence electrons. The first-order chi connectivity index (χ1) is 16.0. The van der Waals surface area contributed by atoms with Crippen LogP contribution in [0, 0.1) is 0 Å². The number of carbonyl (C=O) groups is 1. The highest BCUT2D eigenvalue weighted by atomic mass is 32.1. The van der Waals surface area contributed by atoms with Crippen molar-refractivity contribution < 1.29 is 14.3 Å². The second kappa shape index (κ2) is 10.2. The van der Waals surface area contributed by atoms with Crippen molar-refractivity contribution in [2.75, 3.05) is 46.3 Å². The van der Waals surface area contributed by atoms with Crippen LogP contribution in [0.2, 0.25) is 0 Å². The van der Waals surface area contributed by atoms with Crippen molar-refractivity contribution in [3.8, 4) is 11.5 Å². The number of ether oxygens (including phenoxy) is 2. The van der Waals surface area contributed by atoms with Crippen LogP contribution in [0.5, 0.6) is 11.5 Å². The van der Waals surface area contributed by atoms with Crippen molar-refractivity contribution >= 4 is 43.4 Å². The summed E-state index contributed by atoms with van der Waals surface area (Å²) in [5.41, 5.74) is 1.74. The van der Waals surface area contributed by atoms with Gasteiger partial charge in [0.25, 0.3) is 0 Å². The lowest BCUT2D eigenvalue weighted by Gasteiger charge is -2.21. The Bertz CT molecular complexity index is 1220. The maximum atomic E-state index is 13.6. The summed E-state index contributed by atoms with van der Waals surface area (Å²) in [4.78, 5) is 22.4. The molecule has 0 saturated heterocycles. The van der Waals surface area contributed by atoms with E-state index in [1.807, 2.05) is 55.4 Å². The number of amides is 1. The van der Waals surface area contributed by atoms with Crippen LogP contribution in [0.15, 0.2) is 54.6 Å². The summed E-state index contributed by atoms with van der Waals surface area (Å²) in [7, 11) is 7.34. The number of benzene rings is 3. The second-order valence-electron chi connectivity index (χ2n) is 8.16. The molecule has 0 saturated carbocycles. The Morgan fingerprint density at radius 2 is 1.67 bits per heavy atom. The number of rotatable bonds is 9. The number of carbonyl (C=O) groups excluding carboxylic acids is 1. The molecule has 0 unspecified atom stereocenters. The van der Waals surface area contributed by atoms with Crippen molar-refractivity contribution in [1.29, 1.82) is 0 Å². The van der Waals surface area contributed by atoms with E-state index in [0.717, 1.165) is 39.8 Å². The van der Waals surface area contributed by atoms with E-state index in [9.17, 15) is 4.79 Å². The van der Waals surface area contributed by atoms with Crippen LogP contribution in [-0.4, -0.2) is 57.2 Å².